The van der Waals surface area contributed by atoms with Gasteiger partial charge in [0.25, 0.3) is 0 Å². The molecule has 0 spiro atoms. The third kappa shape index (κ3) is 2.17. The highest BCUT2D eigenvalue weighted by Crippen LogP contribution is 2.28. The number of hydrogen-bond acceptors (Lipinski definition) is 4. The van der Waals surface area contributed by atoms with Crippen molar-refractivity contribution < 1.29 is 0 Å². The van der Waals surface area contributed by atoms with Gasteiger partial charge in [-0.15, -0.1) is 10.2 Å². The standard InChI is InChI=1S/C17H17ClN6/c1-4-5-13-14-15(23(3)22-13)17-21-20-10(2)24(17)16(19-14)11-6-8-12(18)9-7-11/h6-9H,4-5H2,1-3H3. The summed E-state index contributed by atoms with van der Waals surface area (Å²) < 4.78 is 3.82. The third-order valence-corrected chi connectivity index (χ3v) is 4.40. The minimum atomic E-state index is 0.699. The van der Waals surface area contributed by atoms with Gasteiger partial charge in [0.05, 0.1) is 5.69 Å². The van der Waals surface area contributed by atoms with E-state index < -0.39 is 0 Å². The van der Waals surface area contributed by atoms with E-state index in [-0.39, 0.29) is 0 Å². The topological polar surface area (TPSA) is 60.9 Å². The van der Waals surface area contributed by atoms with Crippen LogP contribution >= 0.6 is 11.6 Å². The number of rotatable bonds is 3. The lowest BCUT2D eigenvalue weighted by Crippen LogP contribution is -2.01. The van der Waals surface area contributed by atoms with Crippen LogP contribution in [0.4, 0.5) is 0 Å². The molecule has 0 aliphatic rings. The van der Waals surface area contributed by atoms with E-state index in [2.05, 4.69) is 22.2 Å². The van der Waals surface area contributed by atoms with Crippen molar-refractivity contribution in [3.63, 3.8) is 0 Å². The van der Waals surface area contributed by atoms with Crippen LogP contribution in [0.5, 0.6) is 0 Å². The summed E-state index contributed by atoms with van der Waals surface area (Å²) >= 11 is 6.03. The number of fused-ring (bicyclic) bond motifs is 3. The van der Waals surface area contributed by atoms with Crippen molar-refractivity contribution in [2.45, 2.75) is 26.7 Å². The van der Waals surface area contributed by atoms with Crippen LogP contribution in [0.25, 0.3) is 28.1 Å². The van der Waals surface area contributed by atoms with Crippen LogP contribution in [0.2, 0.25) is 5.02 Å². The van der Waals surface area contributed by atoms with Crippen LogP contribution in [0, 0.1) is 6.92 Å². The van der Waals surface area contributed by atoms with Crippen molar-refractivity contribution in [2.75, 3.05) is 0 Å². The predicted molar refractivity (Wildman–Crippen MR) is 94.2 cm³/mol. The van der Waals surface area contributed by atoms with Gasteiger partial charge in [0.15, 0.2) is 5.65 Å². The van der Waals surface area contributed by atoms with Crippen molar-refractivity contribution in [3.05, 3.63) is 40.8 Å². The van der Waals surface area contributed by atoms with E-state index in [9.17, 15) is 0 Å². The monoisotopic (exact) mass is 340 g/mol. The van der Waals surface area contributed by atoms with Crippen molar-refractivity contribution in [3.8, 4) is 11.4 Å². The molecule has 0 aliphatic heterocycles. The lowest BCUT2D eigenvalue weighted by molar-refractivity contribution is 0.753. The van der Waals surface area contributed by atoms with Crippen LogP contribution in [0.3, 0.4) is 0 Å². The number of benzene rings is 1. The van der Waals surface area contributed by atoms with E-state index >= 15 is 0 Å². The highest BCUT2D eigenvalue weighted by molar-refractivity contribution is 6.30. The van der Waals surface area contributed by atoms with Gasteiger partial charge in [0.2, 0.25) is 0 Å². The van der Waals surface area contributed by atoms with E-state index in [4.69, 9.17) is 16.6 Å². The number of nitrogens with zero attached hydrogens (tertiary/aromatic N) is 6. The lowest BCUT2D eigenvalue weighted by atomic mass is 10.2. The summed E-state index contributed by atoms with van der Waals surface area (Å²) in [5.41, 5.74) is 4.55. The lowest BCUT2D eigenvalue weighted by Gasteiger charge is -2.07. The smallest absolute Gasteiger partial charge is 0.190 e. The van der Waals surface area contributed by atoms with Crippen LogP contribution in [-0.2, 0) is 13.5 Å². The molecule has 0 amide bonds. The molecule has 3 aromatic heterocycles. The molecule has 0 saturated heterocycles. The van der Waals surface area contributed by atoms with Gasteiger partial charge in [-0.2, -0.15) is 5.10 Å². The van der Waals surface area contributed by atoms with Crippen molar-refractivity contribution in [1.29, 1.82) is 0 Å². The first-order chi connectivity index (χ1) is 11.6. The van der Waals surface area contributed by atoms with Gasteiger partial charge in [-0.25, -0.2) is 4.98 Å². The maximum Gasteiger partial charge on any atom is 0.190 e. The Kier molecular flexibility index (Phi) is 3.49. The summed E-state index contributed by atoms with van der Waals surface area (Å²) in [6.45, 7) is 4.07. The zero-order valence-electron chi connectivity index (χ0n) is 13.8. The maximum absolute atomic E-state index is 6.03. The quantitative estimate of drug-likeness (QED) is 0.571. The fourth-order valence-electron chi connectivity index (χ4n) is 3.06. The number of aryl methyl sites for hydroxylation is 3. The molecule has 4 aromatic rings. The van der Waals surface area contributed by atoms with E-state index in [1.165, 1.54) is 0 Å². The van der Waals surface area contributed by atoms with E-state index in [1.807, 2.05) is 47.3 Å². The Morgan fingerprint density at radius 2 is 1.88 bits per heavy atom. The molecule has 6 nitrogen and oxygen atoms in total. The second-order valence-corrected chi connectivity index (χ2v) is 6.30. The first kappa shape index (κ1) is 15.1. The van der Waals surface area contributed by atoms with Crippen molar-refractivity contribution >= 4 is 28.3 Å². The molecule has 0 bridgehead atoms. The molecule has 4 rings (SSSR count). The summed E-state index contributed by atoms with van der Waals surface area (Å²) in [4.78, 5) is 4.93. The van der Waals surface area contributed by atoms with Crippen LogP contribution in [0.15, 0.2) is 24.3 Å². The zero-order chi connectivity index (χ0) is 16.8. The summed E-state index contributed by atoms with van der Waals surface area (Å²) in [6.07, 6.45) is 1.90. The van der Waals surface area contributed by atoms with Gasteiger partial charge in [-0.05, 0) is 37.6 Å². The molecule has 1 aromatic carbocycles. The van der Waals surface area contributed by atoms with E-state index in [0.717, 1.165) is 52.4 Å². The third-order valence-electron chi connectivity index (χ3n) is 4.15. The summed E-state index contributed by atoms with van der Waals surface area (Å²) in [5.74, 6) is 1.60. The molecule has 0 radical (unpaired) electrons. The molecule has 0 N–H and O–H groups in total. The van der Waals surface area contributed by atoms with Crippen LogP contribution in [0.1, 0.15) is 24.9 Å². The van der Waals surface area contributed by atoms with Crippen molar-refractivity contribution in [2.24, 2.45) is 7.05 Å². The number of halogens is 1. The minimum absolute atomic E-state index is 0.699. The number of aromatic nitrogens is 6. The Morgan fingerprint density at radius 1 is 1.12 bits per heavy atom. The second-order valence-electron chi connectivity index (χ2n) is 5.87. The fraction of sp³-hybridized carbons (Fsp3) is 0.294. The number of hydrogen-bond donors (Lipinski definition) is 0. The molecular formula is C17H17ClN6. The molecule has 0 saturated carbocycles. The molecule has 3 heterocycles. The van der Waals surface area contributed by atoms with Gasteiger partial charge >= 0.3 is 0 Å². The highest BCUT2D eigenvalue weighted by Gasteiger charge is 2.20. The molecule has 0 unspecified atom stereocenters. The fourth-order valence-corrected chi connectivity index (χ4v) is 3.19. The Hall–Kier alpha value is -2.47. The van der Waals surface area contributed by atoms with E-state index in [1.54, 1.807) is 0 Å². The first-order valence-corrected chi connectivity index (χ1v) is 8.31. The second kappa shape index (κ2) is 5.56. The van der Waals surface area contributed by atoms with Gasteiger partial charge < -0.3 is 0 Å². The Bertz CT molecular complexity index is 1040. The first-order valence-electron chi connectivity index (χ1n) is 7.93. The maximum atomic E-state index is 6.03. The largest absolute Gasteiger partial charge is 0.262 e. The SMILES string of the molecule is CCCc1nn(C)c2c1nc(-c1ccc(Cl)cc1)n1c(C)nnc21. The molecule has 0 fully saturated rings. The molecule has 122 valence electrons. The minimum Gasteiger partial charge on any atom is -0.262 e. The summed E-state index contributed by atoms with van der Waals surface area (Å²) in [6, 6.07) is 7.66. The molecule has 0 aliphatic carbocycles. The van der Waals surface area contributed by atoms with Crippen LogP contribution in [-0.4, -0.2) is 29.4 Å². The summed E-state index contributed by atoms with van der Waals surface area (Å²) in [5, 5.41) is 14.0. The Labute approximate surface area is 144 Å². The van der Waals surface area contributed by atoms with Crippen LogP contribution < -0.4 is 0 Å². The van der Waals surface area contributed by atoms with Gasteiger partial charge in [0.1, 0.15) is 22.7 Å². The van der Waals surface area contributed by atoms with Crippen molar-refractivity contribution in [1.82, 2.24) is 29.4 Å². The summed E-state index contributed by atoms with van der Waals surface area (Å²) in [7, 11) is 1.93. The van der Waals surface area contributed by atoms with Gasteiger partial charge in [-0.1, -0.05) is 24.9 Å². The highest BCUT2D eigenvalue weighted by atomic mass is 35.5. The molecule has 24 heavy (non-hydrogen) atoms. The Morgan fingerprint density at radius 3 is 2.58 bits per heavy atom. The zero-order valence-corrected chi connectivity index (χ0v) is 14.5. The molecule has 7 heteroatoms. The van der Waals surface area contributed by atoms with E-state index in [0.29, 0.717) is 5.02 Å². The average molecular weight is 341 g/mol. The normalized spacial score (nSPS) is 11.7. The average Bonchev–Trinajstić information content (AvgIpc) is 3.09. The Balaban J connectivity index is 2.12. The molecular weight excluding hydrogens is 324 g/mol. The van der Waals surface area contributed by atoms with Gasteiger partial charge in [-0.3, -0.25) is 9.08 Å². The molecule has 0 atom stereocenters. The predicted octanol–water partition coefficient (Wildman–Crippen LogP) is 3.59. The van der Waals surface area contributed by atoms with Gasteiger partial charge in [0, 0.05) is 17.6 Å².